The van der Waals surface area contributed by atoms with Crippen molar-refractivity contribution in [3.63, 3.8) is 0 Å². The molecule has 0 radical (unpaired) electrons. The van der Waals surface area contributed by atoms with Gasteiger partial charge in [-0.25, -0.2) is 4.79 Å². The van der Waals surface area contributed by atoms with Crippen molar-refractivity contribution in [2.24, 2.45) is 11.7 Å². The van der Waals surface area contributed by atoms with Crippen molar-refractivity contribution in [3.05, 3.63) is 0 Å². The maximum atomic E-state index is 11.6. The minimum Gasteiger partial charge on any atom is -0.449 e. The number of carbonyl (C=O) groups excluding carboxylic acids is 1. The van der Waals surface area contributed by atoms with Crippen LogP contribution in [0, 0.1) is 5.92 Å². The average Bonchev–Trinajstić information content (AvgIpc) is 2.14. The number of nitrogens with zero attached hydrogens (tertiary/aromatic N) is 1. The van der Waals surface area contributed by atoms with Gasteiger partial charge in [0, 0.05) is 18.6 Å². The highest BCUT2D eigenvalue weighted by molar-refractivity contribution is 5.67. The van der Waals surface area contributed by atoms with E-state index in [1.807, 2.05) is 20.8 Å². The first-order valence-electron chi connectivity index (χ1n) is 5.61. The third kappa shape index (κ3) is 4.08. The minimum atomic E-state index is -0.195. The predicted molar refractivity (Wildman–Crippen MR) is 59.6 cm³/mol. The molecule has 88 valence electrons. The van der Waals surface area contributed by atoms with Crippen LogP contribution in [0.25, 0.3) is 0 Å². The molecule has 1 fully saturated rings. The lowest BCUT2D eigenvalue weighted by atomic mass is 9.91. The lowest BCUT2D eigenvalue weighted by Gasteiger charge is -2.36. The molecule has 0 aromatic rings. The van der Waals surface area contributed by atoms with Crippen LogP contribution in [0.3, 0.4) is 0 Å². The minimum absolute atomic E-state index is 0.116. The molecule has 1 aliphatic heterocycles. The number of carbonyl (C=O) groups is 1. The van der Waals surface area contributed by atoms with E-state index in [1.165, 1.54) is 0 Å². The molecule has 0 aromatic heterocycles. The maximum Gasteiger partial charge on any atom is 0.409 e. The van der Waals surface area contributed by atoms with Crippen LogP contribution in [-0.4, -0.2) is 36.2 Å². The molecule has 0 aromatic carbocycles. The molecular formula is C11H22N2O2. The van der Waals surface area contributed by atoms with Crippen molar-refractivity contribution in [1.29, 1.82) is 0 Å². The Labute approximate surface area is 91.8 Å². The molecule has 0 aliphatic carbocycles. The van der Waals surface area contributed by atoms with Gasteiger partial charge >= 0.3 is 6.09 Å². The number of ether oxygens (including phenoxy) is 1. The molecule has 0 atom stereocenters. The molecule has 1 aliphatic rings. The SMILES string of the molecule is CC(C)COC(=O)N1CCC(C)(N)CC1. The highest BCUT2D eigenvalue weighted by Gasteiger charge is 2.28. The Bertz CT molecular complexity index is 217. The summed E-state index contributed by atoms with van der Waals surface area (Å²) in [6, 6.07) is 0. The van der Waals surface area contributed by atoms with Gasteiger partial charge in [0.2, 0.25) is 0 Å². The van der Waals surface area contributed by atoms with E-state index in [1.54, 1.807) is 4.90 Å². The van der Waals surface area contributed by atoms with Crippen molar-refractivity contribution in [2.45, 2.75) is 39.2 Å². The fourth-order valence-electron chi connectivity index (χ4n) is 1.53. The topological polar surface area (TPSA) is 55.6 Å². The van der Waals surface area contributed by atoms with Crippen LogP contribution in [0.15, 0.2) is 0 Å². The second-order valence-electron chi connectivity index (χ2n) is 5.11. The maximum absolute atomic E-state index is 11.6. The number of amides is 1. The van der Waals surface area contributed by atoms with E-state index in [4.69, 9.17) is 10.5 Å². The fraction of sp³-hybridized carbons (Fsp3) is 0.909. The van der Waals surface area contributed by atoms with Gasteiger partial charge < -0.3 is 15.4 Å². The lowest BCUT2D eigenvalue weighted by Crippen LogP contribution is -2.50. The van der Waals surface area contributed by atoms with Crippen LogP contribution in [0.4, 0.5) is 4.79 Å². The average molecular weight is 214 g/mol. The second kappa shape index (κ2) is 4.84. The Balaban J connectivity index is 2.30. The van der Waals surface area contributed by atoms with Crippen LogP contribution in [-0.2, 0) is 4.74 Å². The van der Waals surface area contributed by atoms with Crippen LogP contribution < -0.4 is 5.73 Å². The number of hydrogen-bond acceptors (Lipinski definition) is 3. The van der Waals surface area contributed by atoms with Gasteiger partial charge in [-0.3, -0.25) is 0 Å². The summed E-state index contributed by atoms with van der Waals surface area (Å²) in [4.78, 5) is 13.3. The van der Waals surface area contributed by atoms with Gasteiger partial charge in [-0.15, -0.1) is 0 Å². The number of nitrogens with two attached hydrogens (primary N) is 1. The zero-order chi connectivity index (χ0) is 11.5. The summed E-state index contributed by atoms with van der Waals surface area (Å²) in [5.41, 5.74) is 5.87. The van der Waals surface area contributed by atoms with Crippen LogP contribution in [0.5, 0.6) is 0 Å². The molecule has 1 rings (SSSR count). The monoisotopic (exact) mass is 214 g/mol. The van der Waals surface area contributed by atoms with Gasteiger partial charge in [-0.1, -0.05) is 13.8 Å². The number of rotatable bonds is 2. The zero-order valence-electron chi connectivity index (χ0n) is 9.95. The van der Waals surface area contributed by atoms with Gasteiger partial charge in [0.1, 0.15) is 0 Å². The highest BCUT2D eigenvalue weighted by atomic mass is 16.6. The van der Waals surface area contributed by atoms with Gasteiger partial charge in [-0.2, -0.15) is 0 Å². The normalized spacial score (nSPS) is 20.5. The Morgan fingerprint density at radius 3 is 2.47 bits per heavy atom. The smallest absolute Gasteiger partial charge is 0.409 e. The molecule has 4 heteroatoms. The first kappa shape index (κ1) is 12.3. The predicted octanol–water partition coefficient (Wildman–Crippen LogP) is 1.59. The summed E-state index contributed by atoms with van der Waals surface area (Å²) >= 11 is 0. The quantitative estimate of drug-likeness (QED) is 0.759. The van der Waals surface area contributed by atoms with Crippen molar-refractivity contribution >= 4 is 6.09 Å². The molecular weight excluding hydrogens is 192 g/mol. The Hall–Kier alpha value is -0.770. The molecule has 1 amide bonds. The van der Waals surface area contributed by atoms with Gasteiger partial charge in [0.05, 0.1) is 6.61 Å². The van der Waals surface area contributed by atoms with E-state index in [-0.39, 0.29) is 11.6 Å². The van der Waals surface area contributed by atoms with Crippen LogP contribution in [0.1, 0.15) is 33.6 Å². The van der Waals surface area contributed by atoms with Crippen molar-refractivity contribution in [2.75, 3.05) is 19.7 Å². The third-order valence-corrected chi connectivity index (χ3v) is 2.70. The third-order valence-electron chi connectivity index (χ3n) is 2.70. The second-order valence-corrected chi connectivity index (χ2v) is 5.11. The van der Waals surface area contributed by atoms with Crippen LogP contribution >= 0.6 is 0 Å². The number of likely N-dealkylation sites (tertiary alicyclic amines) is 1. The van der Waals surface area contributed by atoms with Gasteiger partial charge in [-0.05, 0) is 25.7 Å². The standard InChI is InChI=1S/C11H22N2O2/c1-9(2)8-15-10(14)13-6-4-11(3,12)5-7-13/h9H,4-8,12H2,1-3H3. The molecule has 0 saturated carbocycles. The lowest BCUT2D eigenvalue weighted by molar-refractivity contribution is 0.0771. The molecule has 1 heterocycles. The molecule has 0 bridgehead atoms. The zero-order valence-corrected chi connectivity index (χ0v) is 9.95. The highest BCUT2D eigenvalue weighted by Crippen LogP contribution is 2.19. The Morgan fingerprint density at radius 1 is 1.47 bits per heavy atom. The van der Waals surface area contributed by atoms with Crippen molar-refractivity contribution in [3.8, 4) is 0 Å². The fourth-order valence-corrected chi connectivity index (χ4v) is 1.53. The van der Waals surface area contributed by atoms with Gasteiger partial charge in [0.15, 0.2) is 0 Å². The molecule has 4 nitrogen and oxygen atoms in total. The largest absolute Gasteiger partial charge is 0.449 e. The summed E-state index contributed by atoms with van der Waals surface area (Å²) < 4.78 is 5.16. The summed E-state index contributed by atoms with van der Waals surface area (Å²) in [5, 5.41) is 0. The van der Waals surface area contributed by atoms with E-state index < -0.39 is 0 Å². The first-order chi connectivity index (χ1) is 6.91. The number of hydrogen-bond donors (Lipinski definition) is 1. The van der Waals surface area contributed by atoms with E-state index in [0.717, 1.165) is 12.8 Å². The molecule has 1 saturated heterocycles. The summed E-state index contributed by atoms with van der Waals surface area (Å²) in [6.07, 6.45) is 1.51. The molecule has 0 unspecified atom stereocenters. The van der Waals surface area contributed by atoms with Gasteiger partial charge in [0.25, 0.3) is 0 Å². The van der Waals surface area contributed by atoms with Crippen molar-refractivity contribution < 1.29 is 9.53 Å². The Morgan fingerprint density at radius 2 is 2.00 bits per heavy atom. The summed E-state index contributed by atoms with van der Waals surface area (Å²) in [6.45, 7) is 8.01. The molecule has 0 spiro atoms. The number of piperidine rings is 1. The van der Waals surface area contributed by atoms with E-state index in [2.05, 4.69) is 0 Å². The summed E-state index contributed by atoms with van der Waals surface area (Å²) in [7, 11) is 0. The summed E-state index contributed by atoms with van der Waals surface area (Å²) in [5.74, 6) is 0.388. The Kier molecular flexibility index (Phi) is 3.97. The van der Waals surface area contributed by atoms with Crippen LogP contribution in [0.2, 0.25) is 0 Å². The molecule has 15 heavy (non-hydrogen) atoms. The molecule has 2 N–H and O–H groups in total. The van der Waals surface area contributed by atoms with E-state index in [0.29, 0.717) is 25.6 Å². The first-order valence-corrected chi connectivity index (χ1v) is 5.61. The van der Waals surface area contributed by atoms with Crippen molar-refractivity contribution in [1.82, 2.24) is 4.90 Å². The van der Waals surface area contributed by atoms with E-state index in [9.17, 15) is 4.79 Å². The van der Waals surface area contributed by atoms with E-state index >= 15 is 0 Å².